The highest BCUT2D eigenvalue weighted by atomic mass is 32.1. The van der Waals surface area contributed by atoms with Crippen LogP contribution in [0, 0.1) is 5.92 Å². The molecule has 30 heavy (non-hydrogen) atoms. The third-order valence-electron chi connectivity index (χ3n) is 5.59. The number of amides is 1. The van der Waals surface area contributed by atoms with E-state index in [4.69, 9.17) is 9.47 Å². The highest BCUT2D eigenvalue weighted by Gasteiger charge is 2.31. The van der Waals surface area contributed by atoms with Crippen LogP contribution in [0.2, 0.25) is 0 Å². The number of likely N-dealkylation sites (tertiary alicyclic amines) is 1. The lowest BCUT2D eigenvalue weighted by molar-refractivity contribution is -0.149. The van der Waals surface area contributed by atoms with Crippen LogP contribution in [0.4, 0.5) is 0 Å². The van der Waals surface area contributed by atoms with E-state index in [0.29, 0.717) is 31.9 Å². The molecule has 0 spiro atoms. The van der Waals surface area contributed by atoms with E-state index < -0.39 is 0 Å². The van der Waals surface area contributed by atoms with Crippen molar-refractivity contribution in [2.75, 3.05) is 26.8 Å². The van der Waals surface area contributed by atoms with E-state index in [-0.39, 0.29) is 17.8 Å². The quantitative estimate of drug-likeness (QED) is 0.555. The molecule has 2 aromatic heterocycles. The van der Waals surface area contributed by atoms with Crippen LogP contribution in [0.3, 0.4) is 0 Å². The molecule has 0 bridgehead atoms. The Morgan fingerprint density at radius 3 is 2.87 bits per heavy atom. The number of fused-ring (bicyclic) bond motifs is 1. The van der Waals surface area contributed by atoms with Gasteiger partial charge in [-0.1, -0.05) is 18.2 Å². The van der Waals surface area contributed by atoms with Gasteiger partial charge < -0.3 is 18.9 Å². The molecular weight excluding hydrogens is 400 g/mol. The Hall–Kier alpha value is -2.80. The van der Waals surface area contributed by atoms with Crippen LogP contribution < -0.4 is 4.74 Å². The monoisotopic (exact) mass is 426 g/mol. The Labute approximate surface area is 180 Å². The van der Waals surface area contributed by atoms with Gasteiger partial charge in [0.25, 0.3) is 5.91 Å². The van der Waals surface area contributed by atoms with Crippen LogP contribution >= 0.6 is 11.3 Å². The summed E-state index contributed by atoms with van der Waals surface area (Å²) in [6.45, 7) is 3.77. The number of piperidine rings is 1. The fourth-order valence-electron chi connectivity index (χ4n) is 4.10. The van der Waals surface area contributed by atoms with Crippen molar-refractivity contribution in [1.82, 2.24) is 9.47 Å². The Bertz CT molecular complexity index is 1050. The lowest BCUT2D eigenvalue weighted by Gasteiger charge is -2.31. The first-order valence-electron chi connectivity index (χ1n) is 10.3. The van der Waals surface area contributed by atoms with E-state index in [1.54, 1.807) is 30.3 Å². The van der Waals surface area contributed by atoms with Gasteiger partial charge in [0.1, 0.15) is 11.4 Å². The largest absolute Gasteiger partial charge is 0.496 e. The Morgan fingerprint density at radius 2 is 2.07 bits per heavy atom. The number of benzene rings is 1. The zero-order chi connectivity index (χ0) is 21.1. The summed E-state index contributed by atoms with van der Waals surface area (Å²) in [6.07, 6.45) is 1.57. The molecule has 0 unspecified atom stereocenters. The Morgan fingerprint density at radius 1 is 1.23 bits per heavy atom. The molecule has 0 aliphatic carbocycles. The average Bonchev–Trinajstić information content (AvgIpc) is 3.36. The molecule has 1 amide bonds. The number of hydrogen-bond donors (Lipinski definition) is 0. The maximum atomic E-state index is 13.5. The lowest BCUT2D eigenvalue weighted by Crippen LogP contribution is -2.43. The predicted octanol–water partition coefficient (Wildman–Crippen LogP) is 4.18. The number of thiophene rings is 1. The summed E-state index contributed by atoms with van der Waals surface area (Å²) in [7, 11) is 1.66. The molecule has 4 rings (SSSR count). The Balaban J connectivity index is 1.64. The lowest BCUT2D eigenvalue weighted by atomic mass is 9.98. The molecule has 6 nitrogen and oxygen atoms in total. The fourth-order valence-corrected chi connectivity index (χ4v) is 4.93. The second kappa shape index (κ2) is 8.92. The van der Waals surface area contributed by atoms with Crippen LogP contribution in [0.15, 0.2) is 41.8 Å². The molecule has 1 fully saturated rings. The van der Waals surface area contributed by atoms with Crippen molar-refractivity contribution in [3.8, 4) is 5.75 Å². The molecule has 1 aliphatic rings. The molecule has 1 atom stereocenters. The van der Waals surface area contributed by atoms with E-state index in [2.05, 4.69) is 4.57 Å². The van der Waals surface area contributed by atoms with Crippen molar-refractivity contribution in [1.29, 1.82) is 0 Å². The van der Waals surface area contributed by atoms with E-state index in [1.807, 2.05) is 41.8 Å². The number of carbonyl (C=O) groups is 2. The smallest absolute Gasteiger partial charge is 0.310 e. The van der Waals surface area contributed by atoms with E-state index in [0.717, 1.165) is 34.4 Å². The number of methoxy groups -OCH3 is 1. The molecule has 158 valence electrons. The van der Waals surface area contributed by atoms with Crippen molar-refractivity contribution in [2.45, 2.75) is 26.3 Å². The van der Waals surface area contributed by atoms with Gasteiger partial charge in [0.15, 0.2) is 0 Å². The molecule has 0 saturated carbocycles. The van der Waals surface area contributed by atoms with Crippen LogP contribution in [0.1, 0.15) is 35.8 Å². The third kappa shape index (κ3) is 3.94. The van der Waals surface area contributed by atoms with E-state index >= 15 is 0 Å². The first kappa shape index (κ1) is 20.5. The van der Waals surface area contributed by atoms with Gasteiger partial charge in [-0.2, -0.15) is 0 Å². The Kier molecular flexibility index (Phi) is 6.08. The number of nitrogens with zero attached hydrogens (tertiary/aromatic N) is 2. The summed E-state index contributed by atoms with van der Waals surface area (Å²) in [6, 6.07) is 11.9. The van der Waals surface area contributed by atoms with Gasteiger partial charge >= 0.3 is 5.97 Å². The molecular formula is C23H26N2O4S. The van der Waals surface area contributed by atoms with Crippen molar-refractivity contribution in [2.24, 2.45) is 5.92 Å². The maximum absolute atomic E-state index is 13.5. The summed E-state index contributed by atoms with van der Waals surface area (Å²) in [4.78, 5) is 27.5. The van der Waals surface area contributed by atoms with Crippen LogP contribution in [0.5, 0.6) is 5.75 Å². The molecule has 0 radical (unpaired) electrons. The number of hydrogen-bond acceptors (Lipinski definition) is 5. The van der Waals surface area contributed by atoms with Crippen LogP contribution in [-0.4, -0.2) is 48.1 Å². The van der Waals surface area contributed by atoms with Crippen LogP contribution in [0.25, 0.3) is 10.2 Å². The minimum Gasteiger partial charge on any atom is -0.496 e. The second-order valence-corrected chi connectivity index (χ2v) is 8.39. The SMILES string of the molecule is CCOC(=O)[C@H]1CCCN(C(=O)c2cc3sccc3n2Cc2ccccc2OC)C1. The first-order chi connectivity index (χ1) is 14.6. The minimum absolute atomic E-state index is 0.0395. The van der Waals surface area contributed by atoms with E-state index in [1.165, 1.54) is 0 Å². The van der Waals surface area contributed by atoms with Crippen molar-refractivity contribution in [3.63, 3.8) is 0 Å². The van der Waals surface area contributed by atoms with E-state index in [9.17, 15) is 9.59 Å². The van der Waals surface area contributed by atoms with Gasteiger partial charge in [0.2, 0.25) is 0 Å². The highest BCUT2D eigenvalue weighted by Crippen LogP contribution is 2.30. The summed E-state index contributed by atoms with van der Waals surface area (Å²) >= 11 is 1.62. The predicted molar refractivity (Wildman–Crippen MR) is 117 cm³/mol. The van der Waals surface area contributed by atoms with Crippen molar-refractivity contribution >= 4 is 33.4 Å². The first-order valence-corrected chi connectivity index (χ1v) is 11.1. The average molecular weight is 427 g/mol. The number of ether oxygens (including phenoxy) is 2. The summed E-state index contributed by atoms with van der Waals surface area (Å²) in [5, 5.41) is 2.04. The second-order valence-electron chi connectivity index (χ2n) is 7.44. The topological polar surface area (TPSA) is 60.8 Å². The van der Waals surface area contributed by atoms with Gasteiger partial charge in [-0.15, -0.1) is 11.3 Å². The number of para-hydroxylation sites is 1. The van der Waals surface area contributed by atoms with Gasteiger partial charge in [0, 0.05) is 18.7 Å². The zero-order valence-electron chi connectivity index (χ0n) is 17.3. The number of carbonyl (C=O) groups excluding carboxylic acids is 2. The summed E-state index contributed by atoms with van der Waals surface area (Å²) in [5.41, 5.74) is 2.70. The minimum atomic E-state index is -0.249. The molecule has 7 heteroatoms. The normalized spacial score (nSPS) is 16.6. The molecule has 1 aliphatic heterocycles. The summed E-state index contributed by atoms with van der Waals surface area (Å²) in [5.74, 6) is 0.303. The fraction of sp³-hybridized carbons (Fsp3) is 0.391. The zero-order valence-corrected chi connectivity index (χ0v) is 18.1. The van der Waals surface area contributed by atoms with Crippen molar-refractivity contribution < 1.29 is 19.1 Å². The van der Waals surface area contributed by atoms with Crippen molar-refractivity contribution in [3.05, 3.63) is 53.0 Å². The highest BCUT2D eigenvalue weighted by molar-refractivity contribution is 7.17. The molecule has 1 aromatic carbocycles. The van der Waals surface area contributed by atoms with Gasteiger partial charge in [0.05, 0.1) is 36.4 Å². The van der Waals surface area contributed by atoms with Gasteiger partial charge in [-0.05, 0) is 43.3 Å². The summed E-state index contributed by atoms with van der Waals surface area (Å²) < 4.78 is 13.8. The van der Waals surface area contributed by atoms with Gasteiger partial charge in [-0.25, -0.2) is 0 Å². The van der Waals surface area contributed by atoms with Gasteiger partial charge in [-0.3, -0.25) is 9.59 Å². The third-order valence-corrected chi connectivity index (χ3v) is 6.44. The molecule has 3 aromatic rings. The molecule has 1 saturated heterocycles. The standard InChI is InChI=1S/C23H26N2O4S/c1-3-29-23(27)17-8-6-11-24(14-17)22(26)19-13-21-18(10-12-30-21)25(19)15-16-7-4-5-9-20(16)28-2/h4-5,7,9-10,12-13,17H,3,6,8,11,14-15H2,1-2H3/t17-/m0/s1. The number of rotatable bonds is 6. The molecule has 3 heterocycles. The van der Waals surface area contributed by atoms with Crippen LogP contribution in [-0.2, 0) is 16.1 Å². The number of esters is 1. The molecule has 0 N–H and O–H groups in total. The number of aromatic nitrogens is 1. The maximum Gasteiger partial charge on any atom is 0.310 e.